The van der Waals surface area contributed by atoms with Gasteiger partial charge in [-0.3, -0.25) is 9.69 Å². The van der Waals surface area contributed by atoms with Gasteiger partial charge in [0.15, 0.2) is 0 Å². The monoisotopic (exact) mass is 314 g/mol. The van der Waals surface area contributed by atoms with Gasteiger partial charge in [0.2, 0.25) is 0 Å². The third-order valence-corrected chi connectivity index (χ3v) is 4.32. The number of carbonyl (C=O) groups is 1. The summed E-state index contributed by atoms with van der Waals surface area (Å²) in [4.78, 5) is 19.7. The first kappa shape index (κ1) is 15.4. The average Bonchev–Trinajstić information content (AvgIpc) is 2.92. The van der Waals surface area contributed by atoms with Gasteiger partial charge in [0.05, 0.1) is 19.5 Å². The van der Waals surface area contributed by atoms with Crippen LogP contribution in [0.2, 0.25) is 0 Å². The van der Waals surface area contributed by atoms with Gasteiger partial charge in [-0.1, -0.05) is 0 Å². The number of alkyl halides is 2. The van der Waals surface area contributed by atoms with Gasteiger partial charge in [-0.15, -0.1) is 0 Å². The summed E-state index contributed by atoms with van der Waals surface area (Å²) in [5.74, 6) is -2.82. The largest absolute Gasteiger partial charge is 0.383 e. The number of likely N-dealkylation sites (tertiary alicyclic amines) is 2. The van der Waals surface area contributed by atoms with Crippen LogP contribution < -0.4 is 0 Å². The van der Waals surface area contributed by atoms with Crippen molar-refractivity contribution in [3.63, 3.8) is 0 Å². The molecule has 0 aliphatic carbocycles. The molecule has 0 bridgehead atoms. The van der Waals surface area contributed by atoms with Crippen molar-refractivity contribution >= 4 is 5.91 Å². The van der Waals surface area contributed by atoms with E-state index in [1.807, 2.05) is 0 Å². The van der Waals surface area contributed by atoms with E-state index in [0.717, 1.165) is 0 Å². The molecule has 0 radical (unpaired) electrons. The van der Waals surface area contributed by atoms with Crippen LogP contribution in [0.4, 0.5) is 8.78 Å². The van der Waals surface area contributed by atoms with Gasteiger partial charge in [-0.25, -0.2) is 13.8 Å². The van der Waals surface area contributed by atoms with E-state index in [-0.39, 0.29) is 31.0 Å². The molecule has 2 saturated heterocycles. The zero-order valence-electron chi connectivity index (χ0n) is 12.7. The molecular formula is C14H20F2N4O2. The number of methoxy groups -OCH3 is 1. The minimum Gasteiger partial charge on any atom is -0.383 e. The lowest BCUT2D eigenvalue weighted by atomic mass is 10.1. The highest BCUT2D eigenvalue weighted by Crippen LogP contribution is 2.35. The van der Waals surface area contributed by atoms with E-state index >= 15 is 0 Å². The van der Waals surface area contributed by atoms with E-state index in [9.17, 15) is 13.6 Å². The third-order valence-electron chi connectivity index (χ3n) is 4.32. The Morgan fingerprint density at radius 1 is 1.50 bits per heavy atom. The topological polar surface area (TPSA) is 50.6 Å². The Morgan fingerprint density at radius 2 is 2.23 bits per heavy atom. The molecule has 6 nitrogen and oxygen atoms in total. The van der Waals surface area contributed by atoms with Gasteiger partial charge in [0.1, 0.15) is 5.69 Å². The van der Waals surface area contributed by atoms with Crippen molar-refractivity contribution in [1.82, 2.24) is 19.4 Å². The number of aromatic nitrogens is 2. The second-order valence-corrected chi connectivity index (χ2v) is 6.13. The van der Waals surface area contributed by atoms with Gasteiger partial charge in [0.25, 0.3) is 11.8 Å². The fourth-order valence-electron chi connectivity index (χ4n) is 3.21. The third kappa shape index (κ3) is 2.85. The van der Waals surface area contributed by atoms with Gasteiger partial charge in [-0.2, -0.15) is 0 Å². The number of imidazole rings is 1. The zero-order valence-corrected chi connectivity index (χ0v) is 12.7. The Kier molecular flexibility index (Phi) is 3.90. The Hall–Kier alpha value is -1.54. The average molecular weight is 314 g/mol. The van der Waals surface area contributed by atoms with E-state index in [0.29, 0.717) is 25.4 Å². The number of rotatable bonds is 4. The molecule has 2 aliphatic heterocycles. The standard InChI is InChI=1S/C14H20F2N4O2/c1-18-6-12(17-9-18)13(21)19-4-11(5-19)20-8-14(15,16)3-10(20)7-22-2/h6,9-11H,3-5,7-8H2,1-2H3/t10-/m0/s1. The van der Waals surface area contributed by atoms with Crippen LogP contribution in [0.15, 0.2) is 12.5 Å². The summed E-state index contributed by atoms with van der Waals surface area (Å²) < 4.78 is 34.0. The normalized spacial score (nSPS) is 25.5. The van der Waals surface area contributed by atoms with Gasteiger partial charge in [-0.05, 0) is 0 Å². The van der Waals surface area contributed by atoms with Gasteiger partial charge < -0.3 is 14.2 Å². The second kappa shape index (κ2) is 5.58. The summed E-state index contributed by atoms with van der Waals surface area (Å²) in [7, 11) is 3.32. The van der Waals surface area contributed by atoms with Crippen LogP contribution in [-0.4, -0.2) is 76.6 Å². The van der Waals surface area contributed by atoms with Crippen molar-refractivity contribution in [2.75, 3.05) is 33.4 Å². The summed E-state index contributed by atoms with van der Waals surface area (Å²) in [6.07, 6.45) is 3.05. The number of nitrogens with zero attached hydrogens (tertiary/aromatic N) is 4. The molecule has 1 amide bonds. The molecule has 2 aliphatic rings. The highest BCUT2D eigenvalue weighted by Gasteiger charge is 2.50. The van der Waals surface area contributed by atoms with Crippen molar-refractivity contribution in [3.05, 3.63) is 18.2 Å². The molecule has 1 aromatic heterocycles. The predicted molar refractivity (Wildman–Crippen MR) is 74.8 cm³/mol. The van der Waals surface area contributed by atoms with Gasteiger partial charge in [0, 0.05) is 51.9 Å². The molecule has 1 atom stereocenters. The molecule has 0 aromatic carbocycles. The Balaban J connectivity index is 1.59. The van der Waals surface area contributed by atoms with Crippen molar-refractivity contribution in [3.8, 4) is 0 Å². The van der Waals surface area contributed by atoms with Crippen LogP contribution in [0.25, 0.3) is 0 Å². The van der Waals surface area contributed by atoms with E-state index in [1.54, 1.807) is 33.9 Å². The number of carbonyl (C=O) groups excluding carboxylic acids is 1. The summed E-state index contributed by atoms with van der Waals surface area (Å²) >= 11 is 0. The molecule has 0 N–H and O–H groups in total. The van der Waals surface area contributed by atoms with Crippen molar-refractivity contribution < 1.29 is 18.3 Å². The molecular weight excluding hydrogens is 294 g/mol. The molecule has 3 heterocycles. The van der Waals surface area contributed by atoms with Crippen LogP contribution in [0.3, 0.4) is 0 Å². The van der Waals surface area contributed by atoms with Crippen LogP contribution in [0, 0.1) is 0 Å². The summed E-state index contributed by atoms with van der Waals surface area (Å²) in [6.45, 7) is 0.967. The first-order valence-corrected chi connectivity index (χ1v) is 7.29. The van der Waals surface area contributed by atoms with Crippen molar-refractivity contribution in [2.45, 2.75) is 24.4 Å². The second-order valence-electron chi connectivity index (χ2n) is 6.13. The number of amides is 1. The maximum Gasteiger partial charge on any atom is 0.274 e. The lowest BCUT2D eigenvalue weighted by Gasteiger charge is -2.45. The Bertz CT molecular complexity index is 557. The van der Waals surface area contributed by atoms with Crippen LogP contribution >= 0.6 is 0 Å². The fraction of sp³-hybridized carbons (Fsp3) is 0.714. The summed E-state index contributed by atoms with van der Waals surface area (Å²) in [5.41, 5.74) is 0.390. The molecule has 1 aromatic rings. The van der Waals surface area contributed by atoms with Crippen LogP contribution in [0.5, 0.6) is 0 Å². The highest BCUT2D eigenvalue weighted by atomic mass is 19.3. The SMILES string of the molecule is COC[C@@H]1CC(F)(F)CN1C1CN(C(=O)c2cn(C)cn2)C1. The minimum atomic E-state index is -2.67. The smallest absolute Gasteiger partial charge is 0.274 e. The lowest BCUT2D eigenvalue weighted by molar-refractivity contribution is -0.0137. The van der Waals surface area contributed by atoms with E-state index in [2.05, 4.69) is 4.98 Å². The zero-order chi connectivity index (χ0) is 15.9. The van der Waals surface area contributed by atoms with E-state index in [4.69, 9.17) is 4.74 Å². The molecule has 0 spiro atoms. The first-order valence-electron chi connectivity index (χ1n) is 7.29. The number of ether oxygens (including phenoxy) is 1. The number of hydrogen-bond acceptors (Lipinski definition) is 4. The number of halogens is 2. The molecule has 0 saturated carbocycles. The van der Waals surface area contributed by atoms with E-state index in [1.165, 1.54) is 7.11 Å². The molecule has 22 heavy (non-hydrogen) atoms. The number of hydrogen-bond donors (Lipinski definition) is 0. The molecule has 3 rings (SSSR count). The molecule has 122 valence electrons. The van der Waals surface area contributed by atoms with Crippen LogP contribution in [0.1, 0.15) is 16.9 Å². The van der Waals surface area contributed by atoms with Gasteiger partial charge >= 0.3 is 0 Å². The molecule has 8 heteroatoms. The van der Waals surface area contributed by atoms with Crippen molar-refractivity contribution in [1.29, 1.82) is 0 Å². The lowest BCUT2D eigenvalue weighted by Crippen LogP contribution is -2.62. The summed E-state index contributed by atoms with van der Waals surface area (Å²) in [5, 5.41) is 0. The Morgan fingerprint density at radius 3 is 2.82 bits per heavy atom. The van der Waals surface area contributed by atoms with Crippen LogP contribution in [-0.2, 0) is 11.8 Å². The quantitative estimate of drug-likeness (QED) is 0.817. The number of aryl methyl sites for hydroxylation is 1. The van der Waals surface area contributed by atoms with E-state index < -0.39 is 5.92 Å². The molecule has 0 unspecified atom stereocenters. The summed E-state index contributed by atoms with van der Waals surface area (Å²) in [6, 6.07) is -0.307. The predicted octanol–water partition coefficient (Wildman–Crippen LogP) is 0.600. The minimum absolute atomic E-state index is 0.0267. The maximum atomic E-state index is 13.6. The molecule has 2 fully saturated rings. The Labute approximate surface area is 127 Å². The fourth-order valence-corrected chi connectivity index (χ4v) is 3.21. The highest BCUT2D eigenvalue weighted by molar-refractivity contribution is 5.92. The maximum absolute atomic E-state index is 13.6. The first-order chi connectivity index (χ1) is 10.4. The van der Waals surface area contributed by atoms with Crippen molar-refractivity contribution in [2.24, 2.45) is 7.05 Å².